The Kier molecular flexibility index (Phi) is 8.79. The standard InChI is InChI=1S/C17H36N2O2/c1-5-17(14-20,18-15(3)4)10-8-12-19-11-7-9-16(13-19)21-6-2/h15-16,18,20H,5-14H2,1-4H3. The summed E-state index contributed by atoms with van der Waals surface area (Å²) in [5.74, 6) is 0. The Morgan fingerprint density at radius 3 is 2.71 bits per heavy atom. The van der Waals surface area contributed by atoms with E-state index in [1.165, 1.54) is 19.4 Å². The molecule has 1 aliphatic heterocycles. The molecule has 1 rings (SSSR count). The van der Waals surface area contributed by atoms with Crippen LogP contribution in [0.3, 0.4) is 0 Å². The van der Waals surface area contributed by atoms with Crippen LogP contribution in [0.15, 0.2) is 0 Å². The van der Waals surface area contributed by atoms with Gasteiger partial charge in [-0.1, -0.05) is 20.8 Å². The van der Waals surface area contributed by atoms with E-state index in [2.05, 4.69) is 37.9 Å². The van der Waals surface area contributed by atoms with Crippen LogP contribution in [0.25, 0.3) is 0 Å². The van der Waals surface area contributed by atoms with Crippen LogP contribution in [0.5, 0.6) is 0 Å². The van der Waals surface area contributed by atoms with Gasteiger partial charge in [0, 0.05) is 24.7 Å². The Morgan fingerprint density at radius 2 is 2.14 bits per heavy atom. The van der Waals surface area contributed by atoms with Crippen LogP contribution in [0.4, 0.5) is 0 Å². The van der Waals surface area contributed by atoms with Crippen LogP contribution in [0.1, 0.15) is 59.8 Å². The summed E-state index contributed by atoms with van der Waals surface area (Å²) in [4.78, 5) is 2.52. The van der Waals surface area contributed by atoms with Crippen LogP contribution in [-0.4, -0.2) is 60.5 Å². The summed E-state index contributed by atoms with van der Waals surface area (Å²) in [6.07, 6.45) is 6.01. The quantitative estimate of drug-likeness (QED) is 0.650. The van der Waals surface area contributed by atoms with Gasteiger partial charge in [0.1, 0.15) is 0 Å². The molecule has 0 aromatic carbocycles. The molecule has 1 aliphatic rings. The summed E-state index contributed by atoms with van der Waals surface area (Å²) < 4.78 is 5.76. The third-order valence-electron chi connectivity index (χ3n) is 4.57. The number of aliphatic hydroxyl groups is 1. The van der Waals surface area contributed by atoms with Crippen molar-refractivity contribution in [3.8, 4) is 0 Å². The highest BCUT2D eigenvalue weighted by Gasteiger charge is 2.28. The molecule has 2 atom stereocenters. The van der Waals surface area contributed by atoms with E-state index in [1.807, 2.05) is 0 Å². The van der Waals surface area contributed by atoms with E-state index in [0.717, 1.165) is 39.0 Å². The molecule has 2 N–H and O–H groups in total. The maximum atomic E-state index is 9.78. The average molecular weight is 300 g/mol. The van der Waals surface area contributed by atoms with Gasteiger partial charge in [-0.05, 0) is 52.1 Å². The third-order valence-corrected chi connectivity index (χ3v) is 4.57. The van der Waals surface area contributed by atoms with E-state index in [1.54, 1.807) is 0 Å². The molecule has 1 heterocycles. The number of nitrogens with one attached hydrogen (secondary N) is 1. The van der Waals surface area contributed by atoms with Crippen molar-refractivity contribution < 1.29 is 9.84 Å². The zero-order valence-electron chi connectivity index (χ0n) is 14.5. The SMILES string of the molecule is CCOC1CCCN(CCCC(CC)(CO)NC(C)C)C1. The summed E-state index contributed by atoms with van der Waals surface area (Å²) in [6.45, 7) is 13.0. The summed E-state index contributed by atoms with van der Waals surface area (Å²) in [7, 11) is 0. The van der Waals surface area contributed by atoms with Crippen molar-refractivity contribution in [2.75, 3.05) is 32.8 Å². The lowest BCUT2D eigenvalue weighted by atomic mass is 9.90. The fourth-order valence-corrected chi connectivity index (χ4v) is 3.43. The van der Waals surface area contributed by atoms with Gasteiger partial charge in [0.25, 0.3) is 0 Å². The number of nitrogens with zero attached hydrogens (tertiary/aromatic N) is 1. The number of piperidine rings is 1. The van der Waals surface area contributed by atoms with Gasteiger partial charge in [-0.2, -0.15) is 0 Å². The van der Waals surface area contributed by atoms with Gasteiger partial charge in [0.2, 0.25) is 0 Å². The lowest BCUT2D eigenvalue weighted by Gasteiger charge is -2.36. The van der Waals surface area contributed by atoms with Gasteiger partial charge in [-0.15, -0.1) is 0 Å². The molecule has 0 saturated carbocycles. The fraction of sp³-hybridized carbons (Fsp3) is 1.00. The molecule has 4 heteroatoms. The molecule has 4 nitrogen and oxygen atoms in total. The molecule has 0 aromatic rings. The van der Waals surface area contributed by atoms with E-state index in [0.29, 0.717) is 12.1 Å². The van der Waals surface area contributed by atoms with Crippen LogP contribution in [0, 0.1) is 0 Å². The third kappa shape index (κ3) is 6.64. The number of rotatable bonds is 10. The normalized spacial score (nSPS) is 23.4. The minimum absolute atomic E-state index is 0.108. The van der Waals surface area contributed by atoms with Gasteiger partial charge in [-0.3, -0.25) is 0 Å². The van der Waals surface area contributed by atoms with E-state index in [-0.39, 0.29) is 12.1 Å². The minimum Gasteiger partial charge on any atom is -0.394 e. The maximum absolute atomic E-state index is 9.78. The molecule has 0 spiro atoms. The van der Waals surface area contributed by atoms with Gasteiger partial charge >= 0.3 is 0 Å². The molecule has 0 bridgehead atoms. The molecule has 2 unspecified atom stereocenters. The number of hydrogen-bond acceptors (Lipinski definition) is 4. The lowest BCUT2D eigenvalue weighted by Crippen LogP contribution is -2.51. The van der Waals surface area contributed by atoms with E-state index < -0.39 is 0 Å². The second kappa shape index (κ2) is 9.78. The summed E-state index contributed by atoms with van der Waals surface area (Å²) in [5, 5.41) is 13.3. The second-order valence-electron chi connectivity index (χ2n) is 6.71. The monoisotopic (exact) mass is 300 g/mol. The predicted octanol–water partition coefficient (Wildman–Crippen LogP) is 2.41. The van der Waals surface area contributed by atoms with Crippen LogP contribution in [-0.2, 0) is 4.74 Å². The van der Waals surface area contributed by atoms with Crippen molar-refractivity contribution in [3.63, 3.8) is 0 Å². The number of ether oxygens (including phenoxy) is 1. The highest BCUT2D eigenvalue weighted by atomic mass is 16.5. The first-order chi connectivity index (χ1) is 10.0. The van der Waals surface area contributed by atoms with Crippen molar-refractivity contribution >= 4 is 0 Å². The lowest BCUT2D eigenvalue weighted by molar-refractivity contribution is 0.00460. The van der Waals surface area contributed by atoms with Crippen molar-refractivity contribution in [3.05, 3.63) is 0 Å². The minimum atomic E-state index is -0.108. The Morgan fingerprint density at radius 1 is 1.38 bits per heavy atom. The Hall–Kier alpha value is -0.160. The van der Waals surface area contributed by atoms with Crippen molar-refractivity contribution in [1.82, 2.24) is 10.2 Å². The number of aliphatic hydroxyl groups excluding tert-OH is 1. The molecule has 1 saturated heterocycles. The molecule has 21 heavy (non-hydrogen) atoms. The number of hydrogen-bond donors (Lipinski definition) is 2. The maximum Gasteiger partial charge on any atom is 0.0702 e. The molecule has 0 aromatic heterocycles. The van der Waals surface area contributed by atoms with Crippen LogP contribution < -0.4 is 5.32 Å². The molecule has 0 radical (unpaired) electrons. The highest BCUT2D eigenvalue weighted by Crippen LogP contribution is 2.20. The summed E-state index contributed by atoms with van der Waals surface area (Å²) >= 11 is 0. The van der Waals surface area contributed by atoms with Crippen LogP contribution >= 0.6 is 0 Å². The second-order valence-corrected chi connectivity index (χ2v) is 6.71. The van der Waals surface area contributed by atoms with Gasteiger partial charge in [0.15, 0.2) is 0 Å². The summed E-state index contributed by atoms with van der Waals surface area (Å²) in [6, 6.07) is 0.412. The van der Waals surface area contributed by atoms with Gasteiger partial charge in [0.05, 0.1) is 12.7 Å². The van der Waals surface area contributed by atoms with Crippen molar-refractivity contribution in [2.24, 2.45) is 0 Å². The van der Waals surface area contributed by atoms with Crippen molar-refractivity contribution in [2.45, 2.75) is 77.5 Å². The number of likely N-dealkylation sites (tertiary alicyclic amines) is 1. The van der Waals surface area contributed by atoms with Crippen molar-refractivity contribution in [1.29, 1.82) is 0 Å². The highest BCUT2D eigenvalue weighted by molar-refractivity contribution is 4.88. The predicted molar refractivity (Wildman–Crippen MR) is 88.7 cm³/mol. The molecule has 126 valence electrons. The van der Waals surface area contributed by atoms with Crippen LogP contribution in [0.2, 0.25) is 0 Å². The van der Waals surface area contributed by atoms with E-state index in [4.69, 9.17) is 4.74 Å². The molecule has 0 aliphatic carbocycles. The largest absolute Gasteiger partial charge is 0.394 e. The first-order valence-electron chi connectivity index (χ1n) is 8.77. The topological polar surface area (TPSA) is 44.7 Å². The zero-order valence-corrected chi connectivity index (χ0v) is 14.5. The average Bonchev–Trinajstić information content (AvgIpc) is 2.46. The summed E-state index contributed by atoms with van der Waals surface area (Å²) in [5.41, 5.74) is -0.108. The fourth-order valence-electron chi connectivity index (χ4n) is 3.43. The van der Waals surface area contributed by atoms with Gasteiger partial charge < -0.3 is 20.1 Å². The first-order valence-corrected chi connectivity index (χ1v) is 8.77. The van der Waals surface area contributed by atoms with E-state index in [9.17, 15) is 5.11 Å². The molecule has 1 fully saturated rings. The Balaban J connectivity index is 2.36. The molecular formula is C17H36N2O2. The Bertz CT molecular complexity index is 266. The zero-order chi connectivity index (χ0) is 15.7. The first kappa shape index (κ1) is 18.9. The smallest absolute Gasteiger partial charge is 0.0702 e. The molecular weight excluding hydrogens is 264 g/mol. The molecule has 0 amide bonds. The Labute approximate surface area is 131 Å². The van der Waals surface area contributed by atoms with Gasteiger partial charge in [-0.25, -0.2) is 0 Å². The van der Waals surface area contributed by atoms with E-state index >= 15 is 0 Å².